The molecule has 0 aromatic heterocycles. The largest absolute Gasteiger partial charge is 0.384 e. The van der Waals surface area contributed by atoms with Crippen LogP contribution in [0.5, 0.6) is 0 Å². The number of carbonyl (C=O) groups is 1. The number of anilines is 1. The summed E-state index contributed by atoms with van der Waals surface area (Å²) in [4.78, 5) is 12.1. The molecule has 1 aliphatic heterocycles. The van der Waals surface area contributed by atoms with Crippen LogP contribution in [0.15, 0.2) is 42.5 Å². The van der Waals surface area contributed by atoms with E-state index in [1.807, 2.05) is 36.4 Å². The first-order valence-electron chi connectivity index (χ1n) is 8.59. The van der Waals surface area contributed by atoms with Gasteiger partial charge in [-0.25, -0.2) is 0 Å². The summed E-state index contributed by atoms with van der Waals surface area (Å²) in [5.74, 6) is 0.194. The summed E-state index contributed by atoms with van der Waals surface area (Å²) in [6, 6.07) is 13.6. The number of halogens is 1. The minimum Gasteiger partial charge on any atom is -0.384 e. The molecular formula is C20H23ClN2O. The second-order valence-corrected chi connectivity index (χ2v) is 6.54. The van der Waals surface area contributed by atoms with Crippen LogP contribution in [0.1, 0.15) is 34.3 Å². The highest BCUT2D eigenvalue weighted by Gasteiger charge is 2.14. The lowest BCUT2D eigenvalue weighted by molar-refractivity contribution is 0.0981. The van der Waals surface area contributed by atoms with E-state index in [0.717, 1.165) is 55.2 Å². The molecule has 0 bridgehead atoms. The highest BCUT2D eigenvalue weighted by Crippen LogP contribution is 2.30. The molecule has 2 aromatic carbocycles. The standard InChI is InChI=1S/C20H23ClN2O/c21-18-9-8-15-10-13-22-14-11-17(15)20(18)23-12-4-7-19(24)16-5-2-1-3-6-16/h1-3,5-6,8-9,22-23H,4,7,10-14H2. The molecule has 0 saturated carbocycles. The van der Waals surface area contributed by atoms with Crippen molar-refractivity contribution in [2.24, 2.45) is 0 Å². The lowest BCUT2D eigenvalue weighted by Crippen LogP contribution is -2.16. The number of rotatable bonds is 6. The van der Waals surface area contributed by atoms with Crippen LogP contribution >= 0.6 is 11.6 Å². The topological polar surface area (TPSA) is 41.1 Å². The summed E-state index contributed by atoms with van der Waals surface area (Å²) < 4.78 is 0. The molecule has 0 spiro atoms. The molecule has 0 radical (unpaired) electrons. The van der Waals surface area contributed by atoms with Gasteiger partial charge in [0.2, 0.25) is 0 Å². The first-order valence-corrected chi connectivity index (χ1v) is 8.96. The van der Waals surface area contributed by atoms with Crippen molar-refractivity contribution in [3.05, 3.63) is 64.2 Å². The first-order chi connectivity index (χ1) is 11.8. The monoisotopic (exact) mass is 342 g/mol. The Balaban J connectivity index is 1.58. The van der Waals surface area contributed by atoms with Gasteiger partial charge in [-0.05, 0) is 49.5 Å². The number of carbonyl (C=O) groups excluding carboxylic acids is 1. The fourth-order valence-corrected chi connectivity index (χ4v) is 3.41. The Morgan fingerprint density at radius 3 is 2.71 bits per heavy atom. The maximum atomic E-state index is 12.1. The minimum atomic E-state index is 0.194. The molecule has 1 aliphatic rings. The molecule has 0 amide bonds. The SMILES string of the molecule is O=C(CCCNc1c(Cl)ccc2c1CCNCC2)c1ccccc1. The number of hydrogen-bond donors (Lipinski definition) is 2. The molecule has 0 aliphatic carbocycles. The van der Waals surface area contributed by atoms with Crippen molar-refractivity contribution in [2.75, 3.05) is 25.0 Å². The maximum Gasteiger partial charge on any atom is 0.162 e. The van der Waals surface area contributed by atoms with Crippen LogP contribution in [-0.4, -0.2) is 25.4 Å². The van der Waals surface area contributed by atoms with Gasteiger partial charge in [-0.2, -0.15) is 0 Å². The van der Waals surface area contributed by atoms with Crippen molar-refractivity contribution >= 4 is 23.1 Å². The minimum absolute atomic E-state index is 0.194. The zero-order valence-corrected chi connectivity index (χ0v) is 14.5. The van der Waals surface area contributed by atoms with Crippen molar-refractivity contribution in [1.82, 2.24) is 5.32 Å². The molecule has 1 heterocycles. The average molecular weight is 343 g/mol. The number of fused-ring (bicyclic) bond motifs is 1. The van der Waals surface area contributed by atoms with Crippen molar-refractivity contribution in [2.45, 2.75) is 25.7 Å². The third-order valence-electron chi connectivity index (χ3n) is 4.46. The maximum absolute atomic E-state index is 12.1. The highest BCUT2D eigenvalue weighted by atomic mass is 35.5. The highest BCUT2D eigenvalue weighted by molar-refractivity contribution is 6.33. The van der Waals surface area contributed by atoms with Gasteiger partial charge in [0.15, 0.2) is 5.78 Å². The summed E-state index contributed by atoms with van der Waals surface area (Å²) in [5, 5.41) is 7.66. The van der Waals surface area contributed by atoms with Crippen molar-refractivity contribution in [3.8, 4) is 0 Å². The molecule has 4 heteroatoms. The van der Waals surface area contributed by atoms with Gasteiger partial charge in [-0.15, -0.1) is 0 Å². The molecule has 0 atom stereocenters. The van der Waals surface area contributed by atoms with E-state index in [1.165, 1.54) is 11.1 Å². The van der Waals surface area contributed by atoms with Crippen LogP contribution in [0.25, 0.3) is 0 Å². The van der Waals surface area contributed by atoms with Crippen LogP contribution in [0.4, 0.5) is 5.69 Å². The summed E-state index contributed by atoms with van der Waals surface area (Å²) in [7, 11) is 0. The summed E-state index contributed by atoms with van der Waals surface area (Å²) in [6.45, 7) is 2.75. The Morgan fingerprint density at radius 1 is 1.08 bits per heavy atom. The van der Waals surface area contributed by atoms with Gasteiger partial charge in [0.05, 0.1) is 10.7 Å². The van der Waals surface area contributed by atoms with E-state index in [4.69, 9.17) is 11.6 Å². The third kappa shape index (κ3) is 4.16. The van der Waals surface area contributed by atoms with Gasteiger partial charge in [0, 0.05) is 18.5 Å². The quantitative estimate of drug-likeness (QED) is 0.613. The van der Waals surface area contributed by atoms with Gasteiger partial charge in [-0.3, -0.25) is 4.79 Å². The van der Waals surface area contributed by atoms with Crippen molar-refractivity contribution in [1.29, 1.82) is 0 Å². The summed E-state index contributed by atoms with van der Waals surface area (Å²) in [5.41, 5.74) is 4.52. The lowest BCUT2D eigenvalue weighted by atomic mass is 10.0. The fourth-order valence-electron chi connectivity index (χ4n) is 3.17. The van der Waals surface area contributed by atoms with Gasteiger partial charge < -0.3 is 10.6 Å². The number of ketones is 1. The average Bonchev–Trinajstić information content (AvgIpc) is 2.86. The van der Waals surface area contributed by atoms with Crippen LogP contribution in [0.2, 0.25) is 5.02 Å². The van der Waals surface area contributed by atoms with Crippen molar-refractivity contribution < 1.29 is 4.79 Å². The molecule has 0 unspecified atom stereocenters. The van der Waals surface area contributed by atoms with Gasteiger partial charge >= 0.3 is 0 Å². The van der Waals surface area contributed by atoms with Crippen LogP contribution in [0.3, 0.4) is 0 Å². The number of hydrogen-bond acceptors (Lipinski definition) is 3. The molecule has 2 N–H and O–H groups in total. The normalized spacial score (nSPS) is 13.9. The van der Waals surface area contributed by atoms with E-state index >= 15 is 0 Å². The second kappa shape index (κ2) is 8.32. The Bertz CT molecular complexity index is 700. The van der Waals surface area contributed by atoms with E-state index in [1.54, 1.807) is 0 Å². The predicted octanol–water partition coefficient (Wildman–Crippen LogP) is 4.10. The van der Waals surface area contributed by atoms with E-state index < -0.39 is 0 Å². The molecule has 2 aromatic rings. The molecule has 3 rings (SSSR count). The van der Waals surface area contributed by atoms with Crippen molar-refractivity contribution in [3.63, 3.8) is 0 Å². The fraction of sp³-hybridized carbons (Fsp3) is 0.350. The number of benzene rings is 2. The van der Waals surface area contributed by atoms with E-state index in [-0.39, 0.29) is 5.78 Å². The second-order valence-electron chi connectivity index (χ2n) is 6.13. The van der Waals surface area contributed by atoms with E-state index in [0.29, 0.717) is 6.42 Å². The summed E-state index contributed by atoms with van der Waals surface area (Å²) >= 11 is 6.40. The molecule has 3 nitrogen and oxygen atoms in total. The zero-order chi connectivity index (χ0) is 16.8. The molecule has 126 valence electrons. The van der Waals surface area contributed by atoms with E-state index in [9.17, 15) is 4.79 Å². The molecular weight excluding hydrogens is 320 g/mol. The van der Waals surface area contributed by atoms with Crippen LogP contribution in [0, 0.1) is 0 Å². The molecule has 0 fully saturated rings. The number of Topliss-reactive ketones (excluding diaryl/α,β-unsaturated/α-hetero) is 1. The third-order valence-corrected chi connectivity index (χ3v) is 4.78. The van der Waals surface area contributed by atoms with Gasteiger partial charge in [0.1, 0.15) is 0 Å². The Kier molecular flexibility index (Phi) is 5.89. The molecule has 0 saturated heterocycles. The predicted molar refractivity (Wildman–Crippen MR) is 100 cm³/mol. The smallest absolute Gasteiger partial charge is 0.162 e. The Morgan fingerprint density at radius 2 is 1.88 bits per heavy atom. The summed E-state index contributed by atoms with van der Waals surface area (Å²) in [6.07, 6.45) is 3.37. The van der Waals surface area contributed by atoms with E-state index in [2.05, 4.69) is 16.7 Å². The van der Waals surface area contributed by atoms with Gasteiger partial charge in [-0.1, -0.05) is 48.0 Å². The van der Waals surface area contributed by atoms with Gasteiger partial charge in [0.25, 0.3) is 0 Å². The van der Waals surface area contributed by atoms with Crippen LogP contribution in [-0.2, 0) is 12.8 Å². The zero-order valence-electron chi connectivity index (χ0n) is 13.8. The van der Waals surface area contributed by atoms with Crippen LogP contribution < -0.4 is 10.6 Å². The Labute approximate surface area is 148 Å². The Hall–Kier alpha value is -1.84. The number of nitrogens with one attached hydrogen (secondary N) is 2. The molecule has 24 heavy (non-hydrogen) atoms. The lowest BCUT2D eigenvalue weighted by Gasteiger charge is -2.16. The first kappa shape index (κ1) is 17.0.